The molecule has 0 aromatic heterocycles. The predicted octanol–water partition coefficient (Wildman–Crippen LogP) is 1.25. The molecule has 1 heterocycles. The van der Waals surface area contributed by atoms with Crippen LogP contribution in [0, 0.1) is 5.92 Å². The molecule has 1 unspecified atom stereocenters. The third-order valence-electron chi connectivity index (χ3n) is 4.08. The minimum Gasteiger partial charge on any atom is -0.348 e. The number of nitrogens with one attached hydrogen (secondary N) is 1. The van der Waals surface area contributed by atoms with Crippen LogP contribution in [0.15, 0.2) is 0 Å². The maximum absolute atomic E-state index is 5.74. The highest BCUT2D eigenvalue weighted by molar-refractivity contribution is 4.82. The van der Waals surface area contributed by atoms with Crippen molar-refractivity contribution in [2.24, 2.45) is 11.7 Å². The lowest BCUT2D eigenvalue weighted by atomic mass is 9.83. The molecular formula is C13H26N2O2. The Bertz CT molecular complexity index is 219. The Morgan fingerprint density at radius 1 is 1.29 bits per heavy atom. The minimum atomic E-state index is -0.200. The van der Waals surface area contributed by atoms with Gasteiger partial charge >= 0.3 is 0 Å². The number of ether oxygens (including phenoxy) is 2. The van der Waals surface area contributed by atoms with Gasteiger partial charge in [-0.15, -0.1) is 0 Å². The summed E-state index contributed by atoms with van der Waals surface area (Å²) < 4.78 is 11.5. The van der Waals surface area contributed by atoms with E-state index in [9.17, 15) is 0 Å². The molecule has 0 radical (unpaired) electrons. The highest BCUT2D eigenvalue weighted by atomic mass is 16.7. The molecule has 2 fully saturated rings. The summed E-state index contributed by atoms with van der Waals surface area (Å²) in [4.78, 5) is 0. The van der Waals surface area contributed by atoms with E-state index in [-0.39, 0.29) is 5.79 Å². The van der Waals surface area contributed by atoms with Crippen molar-refractivity contribution in [1.29, 1.82) is 0 Å². The van der Waals surface area contributed by atoms with E-state index >= 15 is 0 Å². The summed E-state index contributed by atoms with van der Waals surface area (Å²) in [7, 11) is 0. The van der Waals surface area contributed by atoms with E-state index in [0.29, 0.717) is 6.04 Å². The van der Waals surface area contributed by atoms with Crippen LogP contribution in [-0.4, -0.2) is 38.1 Å². The highest BCUT2D eigenvalue weighted by Crippen LogP contribution is 2.39. The molecule has 4 heteroatoms. The number of nitrogens with two attached hydrogens (primary N) is 1. The number of rotatable bonds is 5. The fourth-order valence-electron chi connectivity index (χ4n) is 2.81. The van der Waals surface area contributed by atoms with Gasteiger partial charge in [-0.1, -0.05) is 0 Å². The first-order chi connectivity index (χ1) is 8.24. The summed E-state index contributed by atoms with van der Waals surface area (Å²) in [6.07, 6.45) is 5.87. The van der Waals surface area contributed by atoms with Crippen molar-refractivity contribution in [3.63, 3.8) is 0 Å². The lowest BCUT2D eigenvalue weighted by Crippen LogP contribution is -2.37. The molecule has 1 saturated carbocycles. The van der Waals surface area contributed by atoms with Crippen molar-refractivity contribution in [3.05, 3.63) is 0 Å². The topological polar surface area (TPSA) is 56.5 Å². The summed E-state index contributed by atoms with van der Waals surface area (Å²) in [6, 6.07) is 0.437. The summed E-state index contributed by atoms with van der Waals surface area (Å²) in [6.45, 7) is 5.49. The molecule has 3 N–H and O–H groups in total. The van der Waals surface area contributed by atoms with E-state index < -0.39 is 0 Å². The molecule has 1 atom stereocenters. The van der Waals surface area contributed by atoms with E-state index in [1.54, 1.807) is 0 Å². The molecule has 1 spiro atoms. The maximum Gasteiger partial charge on any atom is 0.168 e. The van der Waals surface area contributed by atoms with Crippen LogP contribution < -0.4 is 11.1 Å². The van der Waals surface area contributed by atoms with E-state index in [4.69, 9.17) is 15.2 Å². The Morgan fingerprint density at radius 2 is 1.94 bits per heavy atom. The Hall–Kier alpha value is -0.160. The van der Waals surface area contributed by atoms with Gasteiger partial charge in [-0.25, -0.2) is 0 Å². The molecule has 0 aromatic carbocycles. The molecule has 1 saturated heterocycles. The minimum absolute atomic E-state index is 0.200. The lowest BCUT2D eigenvalue weighted by Gasteiger charge is -2.35. The highest BCUT2D eigenvalue weighted by Gasteiger charge is 2.39. The molecule has 2 rings (SSSR count). The SMILES string of the molecule is CC(CN)NCCC1CCC2(CC1)OCCO2. The zero-order valence-corrected chi connectivity index (χ0v) is 10.9. The van der Waals surface area contributed by atoms with Crippen LogP contribution in [0.2, 0.25) is 0 Å². The zero-order chi connectivity index (χ0) is 12.1. The molecule has 4 nitrogen and oxygen atoms in total. The first kappa shape index (κ1) is 13.3. The van der Waals surface area contributed by atoms with Gasteiger partial charge in [-0.05, 0) is 38.6 Å². The smallest absolute Gasteiger partial charge is 0.168 e. The normalized spacial score (nSPS) is 26.5. The Labute approximate surface area is 104 Å². The Morgan fingerprint density at radius 3 is 2.53 bits per heavy atom. The quantitative estimate of drug-likeness (QED) is 0.762. The van der Waals surface area contributed by atoms with Crippen LogP contribution in [0.25, 0.3) is 0 Å². The van der Waals surface area contributed by atoms with Crippen LogP contribution >= 0.6 is 0 Å². The lowest BCUT2D eigenvalue weighted by molar-refractivity contribution is -0.182. The molecule has 2 aliphatic rings. The zero-order valence-electron chi connectivity index (χ0n) is 10.9. The van der Waals surface area contributed by atoms with Gasteiger partial charge in [0, 0.05) is 25.4 Å². The second-order valence-corrected chi connectivity index (χ2v) is 5.43. The second kappa shape index (κ2) is 6.14. The van der Waals surface area contributed by atoms with Crippen LogP contribution in [0.5, 0.6) is 0 Å². The number of hydrogen-bond donors (Lipinski definition) is 2. The van der Waals surface area contributed by atoms with Gasteiger partial charge in [0.15, 0.2) is 5.79 Å². The first-order valence-electron chi connectivity index (χ1n) is 6.95. The number of hydrogen-bond acceptors (Lipinski definition) is 4. The molecule has 0 amide bonds. The fraction of sp³-hybridized carbons (Fsp3) is 1.00. The summed E-state index contributed by atoms with van der Waals surface area (Å²) in [5.74, 6) is 0.625. The molecule has 0 aromatic rings. The Balaban J connectivity index is 1.62. The van der Waals surface area contributed by atoms with Crippen LogP contribution in [0.4, 0.5) is 0 Å². The van der Waals surface area contributed by atoms with Crippen LogP contribution in [0.1, 0.15) is 39.0 Å². The molecule has 1 aliphatic heterocycles. The van der Waals surface area contributed by atoms with E-state index in [1.165, 1.54) is 19.3 Å². The average Bonchev–Trinajstić information content (AvgIpc) is 2.80. The average molecular weight is 242 g/mol. The molecule has 100 valence electrons. The van der Waals surface area contributed by atoms with Crippen molar-refractivity contribution < 1.29 is 9.47 Å². The van der Waals surface area contributed by atoms with Gasteiger partial charge in [0.25, 0.3) is 0 Å². The molecule has 0 bridgehead atoms. The largest absolute Gasteiger partial charge is 0.348 e. The summed E-state index contributed by atoms with van der Waals surface area (Å²) in [5, 5.41) is 3.45. The van der Waals surface area contributed by atoms with Gasteiger partial charge in [0.1, 0.15) is 0 Å². The third kappa shape index (κ3) is 3.65. The molecule has 17 heavy (non-hydrogen) atoms. The maximum atomic E-state index is 5.74. The van der Waals surface area contributed by atoms with Crippen molar-refractivity contribution in [1.82, 2.24) is 5.32 Å². The monoisotopic (exact) mass is 242 g/mol. The summed E-state index contributed by atoms with van der Waals surface area (Å²) >= 11 is 0. The van der Waals surface area contributed by atoms with Crippen LogP contribution in [-0.2, 0) is 9.47 Å². The van der Waals surface area contributed by atoms with Gasteiger partial charge < -0.3 is 20.5 Å². The molecule has 1 aliphatic carbocycles. The second-order valence-electron chi connectivity index (χ2n) is 5.43. The van der Waals surface area contributed by atoms with Crippen molar-refractivity contribution >= 4 is 0 Å². The van der Waals surface area contributed by atoms with Crippen LogP contribution in [0.3, 0.4) is 0 Å². The standard InChI is InChI=1S/C13H26N2O2/c1-11(10-14)15-7-4-12-2-5-13(6-3-12)16-8-9-17-13/h11-12,15H,2-10,14H2,1H3. The third-order valence-corrected chi connectivity index (χ3v) is 4.08. The Kier molecular flexibility index (Phi) is 4.79. The van der Waals surface area contributed by atoms with Crippen molar-refractivity contribution in [3.8, 4) is 0 Å². The van der Waals surface area contributed by atoms with Gasteiger partial charge in [-0.2, -0.15) is 0 Å². The van der Waals surface area contributed by atoms with E-state index in [1.807, 2.05) is 0 Å². The first-order valence-corrected chi connectivity index (χ1v) is 6.95. The summed E-state index contributed by atoms with van der Waals surface area (Å²) in [5.41, 5.74) is 5.57. The van der Waals surface area contributed by atoms with Gasteiger partial charge in [-0.3, -0.25) is 0 Å². The van der Waals surface area contributed by atoms with E-state index in [0.717, 1.165) is 45.1 Å². The van der Waals surface area contributed by atoms with E-state index in [2.05, 4.69) is 12.2 Å². The fourth-order valence-corrected chi connectivity index (χ4v) is 2.81. The van der Waals surface area contributed by atoms with Gasteiger partial charge in [0.05, 0.1) is 13.2 Å². The predicted molar refractivity (Wildman–Crippen MR) is 67.7 cm³/mol. The molecular weight excluding hydrogens is 216 g/mol. The van der Waals surface area contributed by atoms with Gasteiger partial charge in [0.2, 0.25) is 0 Å². The van der Waals surface area contributed by atoms with Crippen molar-refractivity contribution in [2.75, 3.05) is 26.3 Å². The van der Waals surface area contributed by atoms with Crippen molar-refractivity contribution in [2.45, 2.75) is 50.9 Å².